The van der Waals surface area contributed by atoms with E-state index >= 15 is 0 Å². The summed E-state index contributed by atoms with van der Waals surface area (Å²) in [5.74, 6) is 2.56. The van der Waals surface area contributed by atoms with Gasteiger partial charge in [-0.15, -0.1) is 5.10 Å². The molecule has 9 heteroatoms. The molecule has 6 rings (SSSR count). The van der Waals surface area contributed by atoms with Gasteiger partial charge in [0, 0.05) is 41.4 Å². The molecule has 2 aromatic heterocycles. The maximum Gasteiger partial charge on any atom is 0.179 e. The normalized spacial score (nSPS) is 16.9. The van der Waals surface area contributed by atoms with Gasteiger partial charge in [0.2, 0.25) is 0 Å². The molecule has 1 aliphatic heterocycles. The van der Waals surface area contributed by atoms with Gasteiger partial charge in [0.25, 0.3) is 0 Å². The number of nitrogens with one attached hydrogen (secondary N) is 1. The van der Waals surface area contributed by atoms with Crippen molar-refractivity contribution in [3.8, 4) is 22.6 Å². The summed E-state index contributed by atoms with van der Waals surface area (Å²) < 4.78 is 5.79. The zero-order valence-corrected chi connectivity index (χ0v) is 20.5. The van der Waals surface area contributed by atoms with Crippen LogP contribution in [0.1, 0.15) is 42.9 Å². The molecule has 0 amide bonds. The fourth-order valence-electron chi connectivity index (χ4n) is 4.71. The Morgan fingerprint density at radius 2 is 1.71 bits per heavy atom. The number of aromatic amines is 1. The Bertz CT molecular complexity index is 1320. The minimum absolute atomic E-state index is 0.440. The molecule has 1 saturated heterocycles. The monoisotopic (exact) mass is 506 g/mol. The van der Waals surface area contributed by atoms with Crippen LogP contribution in [0.25, 0.3) is 28.7 Å². The zero-order chi connectivity index (χ0) is 23.8. The Balaban J connectivity index is 1.17. The summed E-state index contributed by atoms with van der Waals surface area (Å²) in [6, 6.07) is 13.9. The molecule has 1 saturated carbocycles. The number of piperidine rings is 1. The van der Waals surface area contributed by atoms with Crippen molar-refractivity contribution in [2.24, 2.45) is 5.92 Å². The van der Waals surface area contributed by atoms with Gasteiger partial charge in [-0.3, -0.25) is 0 Å². The lowest BCUT2D eigenvalue weighted by Crippen LogP contribution is -2.32. The Labute approximate surface area is 213 Å². The highest BCUT2D eigenvalue weighted by Crippen LogP contribution is 2.46. The molecule has 0 atom stereocenters. The topological polar surface area (TPSA) is 83.7 Å². The van der Waals surface area contributed by atoms with Crippen molar-refractivity contribution in [2.45, 2.75) is 31.6 Å². The fraction of sp³-hybridized carbons (Fsp3) is 0.308. The highest BCUT2D eigenvalue weighted by atomic mass is 35.5. The summed E-state index contributed by atoms with van der Waals surface area (Å²) in [6.07, 6.45) is 8.92. The molecule has 2 aliphatic rings. The van der Waals surface area contributed by atoms with Crippen LogP contribution in [0.3, 0.4) is 0 Å². The van der Waals surface area contributed by atoms with Crippen molar-refractivity contribution in [3.63, 3.8) is 0 Å². The number of benzene rings is 2. The van der Waals surface area contributed by atoms with E-state index in [0.717, 1.165) is 66.9 Å². The number of hydrogen-bond acceptors (Lipinski definition) is 6. The lowest BCUT2D eigenvalue weighted by atomic mass is 9.94. The minimum atomic E-state index is 0.440. The van der Waals surface area contributed by atoms with Crippen LogP contribution in [0, 0.1) is 5.92 Å². The standard InChI is InChI=1S/C26H24Cl2N6O/c27-21-2-1-3-22(28)23(21)24-20(25(35-31-24)17-5-6-17)11-4-16-12-14-34(15-13-16)19-9-7-18(8-10-19)26-29-32-33-30-26/h1-4,7-11,16-17H,5-6,12-15H2,(H,29,30,32,33). The Hall–Kier alpha value is -3.16. The molecule has 1 aliphatic carbocycles. The van der Waals surface area contributed by atoms with E-state index in [-0.39, 0.29) is 0 Å². The van der Waals surface area contributed by atoms with Crippen molar-refractivity contribution in [1.82, 2.24) is 25.8 Å². The molecule has 35 heavy (non-hydrogen) atoms. The van der Waals surface area contributed by atoms with E-state index < -0.39 is 0 Å². The molecule has 0 unspecified atom stereocenters. The highest BCUT2D eigenvalue weighted by Gasteiger charge is 2.32. The molecule has 0 radical (unpaired) electrons. The second-order valence-corrected chi connectivity index (χ2v) is 9.97. The van der Waals surface area contributed by atoms with Gasteiger partial charge in [0.15, 0.2) is 5.82 Å². The molecule has 2 aromatic carbocycles. The Kier molecular flexibility index (Phi) is 6.04. The Morgan fingerprint density at radius 1 is 0.971 bits per heavy atom. The average molecular weight is 507 g/mol. The maximum absolute atomic E-state index is 6.50. The van der Waals surface area contributed by atoms with Crippen LogP contribution in [0.2, 0.25) is 10.0 Å². The summed E-state index contributed by atoms with van der Waals surface area (Å²) in [5, 5.41) is 19.6. The summed E-state index contributed by atoms with van der Waals surface area (Å²) >= 11 is 13.0. The summed E-state index contributed by atoms with van der Waals surface area (Å²) in [4.78, 5) is 2.43. The van der Waals surface area contributed by atoms with Crippen molar-refractivity contribution in [2.75, 3.05) is 18.0 Å². The first-order chi connectivity index (χ1) is 17.2. The molecule has 7 nitrogen and oxygen atoms in total. The molecular formula is C26H24Cl2N6O. The maximum atomic E-state index is 6.50. The zero-order valence-electron chi connectivity index (χ0n) is 19.0. The van der Waals surface area contributed by atoms with E-state index in [0.29, 0.717) is 27.7 Å². The third kappa shape index (κ3) is 4.58. The van der Waals surface area contributed by atoms with Crippen LogP contribution in [-0.2, 0) is 0 Å². The molecule has 1 N–H and O–H groups in total. The lowest BCUT2D eigenvalue weighted by Gasteiger charge is -2.32. The van der Waals surface area contributed by atoms with Crippen LogP contribution in [0.15, 0.2) is 53.1 Å². The van der Waals surface area contributed by atoms with Crippen LogP contribution in [0.5, 0.6) is 0 Å². The van der Waals surface area contributed by atoms with Crippen molar-refractivity contribution >= 4 is 35.0 Å². The first-order valence-electron chi connectivity index (χ1n) is 11.9. The largest absolute Gasteiger partial charge is 0.371 e. The van der Waals surface area contributed by atoms with Crippen LogP contribution >= 0.6 is 23.2 Å². The van der Waals surface area contributed by atoms with E-state index in [1.54, 1.807) is 0 Å². The smallest absolute Gasteiger partial charge is 0.179 e. The van der Waals surface area contributed by atoms with Gasteiger partial charge in [0.1, 0.15) is 11.5 Å². The van der Waals surface area contributed by atoms with Gasteiger partial charge in [-0.25, -0.2) is 5.10 Å². The van der Waals surface area contributed by atoms with Gasteiger partial charge < -0.3 is 9.42 Å². The number of halogens is 2. The number of aromatic nitrogens is 5. The first-order valence-corrected chi connectivity index (χ1v) is 12.6. The molecule has 2 fully saturated rings. The van der Waals surface area contributed by atoms with Gasteiger partial charge in [-0.1, -0.05) is 46.6 Å². The summed E-state index contributed by atoms with van der Waals surface area (Å²) in [5.41, 5.74) is 4.69. The molecule has 4 aromatic rings. The number of allylic oxidation sites excluding steroid dienone is 1. The number of nitrogens with zero attached hydrogens (tertiary/aromatic N) is 5. The SMILES string of the molecule is Clc1cccc(Cl)c1-c1noc(C2CC2)c1C=CC1CCN(c2ccc(-c3nnn[nH]3)cc2)CC1. The van der Waals surface area contributed by atoms with Crippen molar-refractivity contribution in [3.05, 3.63) is 69.9 Å². The van der Waals surface area contributed by atoms with E-state index in [1.165, 1.54) is 5.69 Å². The van der Waals surface area contributed by atoms with Gasteiger partial charge in [0.05, 0.1) is 10.0 Å². The fourth-order valence-corrected chi connectivity index (χ4v) is 5.29. The summed E-state index contributed by atoms with van der Waals surface area (Å²) in [6.45, 7) is 2.00. The Morgan fingerprint density at radius 3 is 2.37 bits per heavy atom. The second kappa shape index (κ2) is 9.47. The highest BCUT2D eigenvalue weighted by molar-refractivity contribution is 6.39. The van der Waals surface area contributed by atoms with E-state index in [9.17, 15) is 0 Å². The number of rotatable bonds is 6. The van der Waals surface area contributed by atoms with Gasteiger partial charge >= 0.3 is 0 Å². The molecular weight excluding hydrogens is 483 g/mol. The third-order valence-electron chi connectivity index (χ3n) is 6.83. The molecule has 178 valence electrons. The van der Waals surface area contributed by atoms with Gasteiger partial charge in [-0.2, -0.15) is 0 Å². The predicted molar refractivity (Wildman–Crippen MR) is 138 cm³/mol. The van der Waals surface area contributed by atoms with Crippen molar-refractivity contribution < 1.29 is 4.52 Å². The van der Waals surface area contributed by atoms with Crippen LogP contribution in [0.4, 0.5) is 5.69 Å². The third-order valence-corrected chi connectivity index (χ3v) is 7.46. The number of hydrogen-bond donors (Lipinski definition) is 1. The number of H-pyrrole nitrogens is 1. The molecule has 3 heterocycles. The average Bonchev–Trinajstić information content (AvgIpc) is 3.41. The number of tetrazole rings is 1. The predicted octanol–water partition coefficient (Wildman–Crippen LogP) is 6.64. The van der Waals surface area contributed by atoms with Crippen LogP contribution < -0.4 is 4.90 Å². The first kappa shape index (κ1) is 22.3. The van der Waals surface area contributed by atoms with E-state index in [4.69, 9.17) is 27.7 Å². The summed E-state index contributed by atoms with van der Waals surface area (Å²) in [7, 11) is 0. The van der Waals surface area contributed by atoms with Gasteiger partial charge in [-0.05, 0) is 78.4 Å². The molecule has 0 bridgehead atoms. The lowest BCUT2D eigenvalue weighted by molar-refractivity contribution is 0.386. The minimum Gasteiger partial charge on any atom is -0.371 e. The van der Waals surface area contributed by atoms with E-state index in [1.807, 2.05) is 18.2 Å². The molecule has 0 spiro atoms. The quantitative estimate of drug-likeness (QED) is 0.315. The second-order valence-electron chi connectivity index (χ2n) is 9.16. The van der Waals surface area contributed by atoms with Crippen molar-refractivity contribution in [1.29, 1.82) is 0 Å². The van der Waals surface area contributed by atoms with E-state index in [2.05, 4.69) is 67.1 Å². The van der Waals surface area contributed by atoms with Crippen LogP contribution in [-0.4, -0.2) is 38.9 Å². The number of anilines is 1.